The van der Waals surface area contributed by atoms with Crippen LogP contribution in [0.25, 0.3) is 0 Å². The summed E-state index contributed by atoms with van der Waals surface area (Å²) in [4.78, 5) is 34.4. The number of amidine groups is 1. The van der Waals surface area contributed by atoms with Crippen LogP contribution in [0.3, 0.4) is 0 Å². The summed E-state index contributed by atoms with van der Waals surface area (Å²) in [6.45, 7) is 6.80. The van der Waals surface area contributed by atoms with Crippen LogP contribution in [0.1, 0.15) is 36.1 Å². The van der Waals surface area contributed by atoms with Crippen LogP contribution in [-0.2, 0) is 4.79 Å². The van der Waals surface area contributed by atoms with Crippen molar-refractivity contribution in [2.75, 3.05) is 37.0 Å². The number of likely N-dealkylation sites (N-methyl/N-ethyl adjacent to an activating group) is 1. The first-order valence-corrected chi connectivity index (χ1v) is 12.4. The molecule has 3 amide bonds. The third-order valence-corrected chi connectivity index (χ3v) is 7.20. The van der Waals surface area contributed by atoms with Crippen molar-refractivity contribution in [3.63, 3.8) is 0 Å². The van der Waals surface area contributed by atoms with Crippen molar-refractivity contribution in [1.29, 1.82) is 0 Å². The monoisotopic (exact) mass is 477 g/mol. The third kappa shape index (κ3) is 4.97. The second-order valence-corrected chi connectivity index (χ2v) is 9.96. The van der Waals surface area contributed by atoms with Crippen molar-refractivity contribution in [2.24, 2.45) is 4.99 Å². The van der Waals surface area contributed by atoms with Crippen molar-refractivity contribution in [1.82, 2.24) is 9.80 Å². The number of aryl methyl sites for hydroxylation is 2. The number of benzene rings is 2. The van der Waals surface area contributed by atoms with Gasteiger partial charge in [0.25, 0.3) is 5.91 Å². The van der Waals surface area contributed by atoms with E-state index in [1.165, 1.54) is 5.56 Å². The zero-order valence-electron chi connectivity index (χ0n) is 20.3. The third-order valence-electron chi connectivity index (χ3n) is 6.12. The highest BCUT2D eigenvalue weighted by molar-refractivity contribution is 8.13. The molecular formula is C26H31N5O2S. The van der Waals surface area contributed by atoms with Gasteiger partial charge in [0, 0.05) is 37.8 Å². The summed E-state index contributed by atoms with van der Waals surface area (Å²) in [7, 11) is 3.53. The molecule has 0 spiro atoms. The Morgan fingerprint density at radius 1 is 1.03 bits per heavy atom. The lowest BCUT2D eigenvalue weighted by Gasteiger charge is -2.41. The maximum absolute atomic E-state index is 13.2. The van der Waals surface area contributed by atoms with Gasteiger partial charge in [-0.3, -0.25) is 4.79 Å². The van der Waals surface area contributed by atoms with Gasteiger partial charge in [0.05, 0.1) is 17.3 Å². The molecule has 4 rings (SSSR count). The molecule has 1 unspecified atom stereocenters. The molecule has 178 valence electrons. The maximum Gasteiger partial charge on any atom is 0.323 e. The lowest BCUT2D eigenvalue weighted by atomic mass is 9.93. The first-order valence-electron chi connectivity index (χ1n) is 11.4. The summed E-state index contributed by atoms with van der Waals surface area (Å²) in [5, 5.41) is 6.79. The topological polar surface area (TPSA) is 77.0 Å². The predicted molar refractivity (Wildman–Crippen MR) is 140 cm³/mol. The summed E-state index contributed by atoms with van der Waals surface area (Å²) in [5.74, 6) is 0.971. The first kappa shape index (κ1) is 23.9. The fourth-order valence-corrected chi connectivity index (χ4v) is 5.25. The minimum Gasteiger partial charge on any atom is -0.345 e. The van der Waals surface area contributed by atoms with Crippen LogP contribution in [0.5, 0.6) is 0 Å². The van der Waals surface area contributed by atoms with E-state index in [1.807, 2.05) is 63.2 Å². The van der Waals surface area contributed by atoms with E-state index in [2.05, 4.69) is 15.5 Å². The van der Waals surface area contributed by atoms with Crippen molar-refractivity contribution >= 4 is 40.2 Å². The van der Waals surface area contributed by atoms with Gasteiger partial charge in [-0.05, 0) is 68.1 Å². The number of hydrogen-bond acceptors (Lipinski definition) is 5. The number of amides is 3. The van der Waals surface area contributed by atoms with E-state index in [0.29, 0.717) is 11.3 Å². The molecule has 1 fully saturated rings. The zero-order valence-corrected chi connectivity index (χ0v) is 21.1. The molecule has 7 nitrogen and oxygen atoms in total. The Labute approximate surface area is 205 Å². The van der Waals surface area contributed by atoms with Crippen LogP contribution in [0, 0.1) is 13.8 Å². The van der Waals surface area contributed by atoms with E-state index in [0.717, 1.165) is 46.4 Å². The van der Waals surface area contributed by atoms with E-state index in [1.54, 1.807) is 30.8 Å². The van der Waals surface area contributed by atoms with Gasteiger partial charge in [0.2, 0.25) is 0 Å². The van der Waals surface area contributed by atoms with Gasteiger partial charge in [-0.1, -0.05) is 30.0 Å². The molecule has 0 radical (unpaired) electrons. The average molecular weight is 478 g/mol. The molecule has 1 saturated heterocycles. The summed E-state index contributed by atoms with van der Waals surface area (Å²) >= 11 is 1.73. The number of hydrogen-bond donors (Lipinski definition) is 2. The smallest absolute Gasteiger partial charge is 0.323 e. The molecule has 34 heavy (non-hydrogen) atoms. The molecule has 2 aromatic carbocycles. The highest BCUT2D eigenvalue weighted by Gasteiger charge is 2.37. The summed E-state index contributed by atoms with van der Waals surface area (Å²) in [6.07, 6.45) is 1.03. The van der Waals surface area contributed by atoms with Gasteiger partial charge in [0.1, 0.15) is 0 Å². The Morgan fingerprint density at radius 2 is 1.76 bits per heavy atom. The van der Waals surface area contributed by atoms with Crippen molar-refractivity contribution in [3.05, 3.63) is 70.4 Å². The fraction of sp³-hybridized carbons (Fsp3) is 0.346. The normalized spacial score (nSPS) is 17.6. The summed E-state index contributed by atoms with van der Waals surface area (Å²) < 4.78 is 0. The molecule has 2 N–H and O–H groups in total. The first-order chi connectivity index (χ1) is 16.2. The van der Waals surface area contributed by atoms with Gasteiger partial charge in [0.15, 0.2) is 5.17 Å². The summed E-state index contributed by atoms with van der Waals surface area (Å²) in [5.41, 5.74) is 6.08. The lowest BCUT2D eigenvalue weighted by molar-refractivity contribution is -0.125. The van der Waals surface area contributed by atoms with Crippen LogP contribution in [0.2, 0.25) is 0 Å². The highest BCUT2D eigenvalue weighted by atomic mass is 32.2. The van der Waals surface area contributed by atoms with Crippen molar-refractivity contribution in [2.45, 2.75) is 33.2 Å². The number of allylic oxidation sites excluding steroid dienone is 1. The number of fused-ring (bicyclic) bond motifs is 1. The Bertz CT molecular complexity index is 1190. The fourth-order valence-electron chi connectivity index (χ4n) is 4.23. The van der Waals surface area contributed by atoms with E-state index in [4.69, 9.17) is 4.99 Å². The molecular weight excluding hydrogens is 446 g/mol. The molecule has 0 saturated carbocycles. The van der Waals surface area contributed by atoms with E-state index in [-0.39, 0.29) is 18.0 Å². The van der Waals surface area contributed by atoms with Crippen LogP contribution < -0.4 is 10.6 Å². The number of rotatable bonds is 4. The molecule has 2 aliphatic heterocycles. The van der Waals surface area contributed by atoms with Crippen molar-refractivity contribution in [3.8, 4) is 0 Å². The Kier molecular flexibility index (Phi) is 6.97. The Hall–Kier alpha value is -3.26. The maximum atomic E-state index is 13.2. The second-order valence-electron chi connectivity index (χ2n) is 8.89. The van der Waals surface area contributed by atoms with E-state index in [9.17, 15) is 9.59 Å². The summed E-state index contributed by atoms with van der Waals surface area (Å²) in [6, 6.07) is 13.0. The molecule has 8 heteroatoms. The SMILES string of the molecule is CC1=C(C(=O)N(C)C)C(c2cccc(NC(=O)Nc3ccc(C)c(C)c3)c2)N2CCCSC2=N1. The standard InChI is InChI=1S/C26H31N5O2S/c1-16-10-11-21(14-17(16)2)29-25(33)28-20-9-6-8-19(15-20)23-22(24(32)30(4)5)18(3)27-26-31(23)12-7-13-34-26/h6,8-11,14-15,23H,7,12-13H2,1-5H3,(H2,28,29,33). The molecule has 2 heterocycles. The number of carbonyl (C=O) groups is 2. The zero-order chi connectivity index (χ0) is 24.4. The van der Waals surface area contributed by atoms with Gasteiger partial charge in [-0.25, -0.2) is 9.79 Å². The van der Waals surface area contributed by atoms with Crippen molar-refractivity contribution < 1.29 is 9.59 Å². The Morgan fingerprint density at radius 3 is 2.47 bits per heavy atom. The number of nitrogens with one attached hydrogen (secondary N) is 2. The minimum absolute atomic E-state index is 0.0493. The molecule has 1 atom stereocenters. The minimum atomic E-state index is -0.309. The quantitative estimate of drug-likeness (QED) is 0.638. The van der Waals surface area contributed by atoms with Crippen LogP contribution in [0.4, 0.5) is 16.2 Å². The number of aliphatic imine (C=N–C) groups is 1. The largest absolute Gasteiger partial charge is 0.345 e. The lowest BCUT2D eigenvalue weighted by Crippen LogP contribution is -2.43. The molecule has 0 aromatic heterocycles. The average Bonchev–Trinajstić information content (AvgIpc) is 2.80. The van der Waals surface area contributed by atoms with Crippen LogP contribution in [-0.4, -0.2) is 53.3 Å². The molecule has 0 bridgehead atoms. The van der Waals surface area contributed by atoms with Crippen LogP contribution in [0.15, 0.2) is 58.7 Å². The van der Waals surface area contributed by atoms with Crippen LogP contribution >= 0.6 is 11.8 Å². The molecule has 0 aliphatic carbocycles. The van der Waals surface area contributed by atoms with E-state index < -0.39 is 0 Å². The number of nitrogens with zero attached hydrogens (tertiary/aromatic N) is 3. The highest BCUT2D eigenvalue weighted by Crippen LogP contribution is 2.40. The van der Waals surface area contributed by atoms with Gasteiger partial charge >= 0.3 is 6.03 Å². The molecule has 2 aromatic rings. The van der Waals surface area contributed by atoms with Gasteiger partial charge in [-0.2, -0.15) is 0 Å². The second kappa shape index (κ2) is 9.93. The number of anilines is 2. The van der Waals surface area contributed by atoms with E-state index >= 15 is 0 Å². The van der Waals surface area contributed by atoms with Gasteiger partial charge < -0.3 is 20.4 Å². The Balaban J connectivity index is 1.61. The number of carbonyl (C=O) groups excluding carboxylic acids is 2. The van der Waals surface area contributed by atoms with Gasteiger partial charge in [-0.15, -0.1) is 0 Å². The predicted octanol–water partition coefficient (Wildman–Crippen LogP) is 5.16. The molecule has 2 aliphatic rings. The number of thioether (sulfide) groups is 1. The number of urea groups is 1.